The summed E-state index contributed by atoms with van der Waals surface area (Å²) in [6, 6.07) is 10.3. The van der Waals surface area contributed by atoms with Crippen LogP contribution in [0.5, 0.6) is 0 Å². The molecule has 1 aromatic heterocycles. The summed E-state index contributed by atoms with van der Waals surface area (Å²) >= 11 is 3.46. The van der Waals surface area contributed by atoms with Gasteiger partial charge >= 0.3 is 6.03 Å². The quantitative estimate of drug-likeness (QED) is 0.517. The number of aromatic nitrogens is 1. The van der Waals surface area contributed by atoms with Gasteiger partial charge in [-0.2, -0.15) is 0 Å². The van der Waals surface area contributed by atoms with Crippen LogP contribution in [-0.2, 0) is 11.0 Å². The van der Waals surface area contributed by atoms with Crippen molar-refractivity contribution < 1.29 is 9.22 Å². The molecule has 2 aromatic rings. The number of hydrogen-bond acceptors (Lipinski definition) is 2. The van der Waals surface area contributed by atoms with Crippen LogP contribution >= 0.6 is 15.9 Å². The highest BCUT2D eigenvalue weighted by atomic mass is 79.9. The second kappa shape index (κ2) is 7.22. The van der Waals surface area contributed by atoms with Crippen molar-refractivity contribution >= 4 is 30.3 Å². The number of amides is 1. The van der Waals surface area contributed by atoms with E-state index in [1.165, 1.54) is 5.56 Å². The SMILES string of the molecule is Cc1cccc([C@@H](CO[Si](C)(C)C(C)(C)C)N2Cc3cc(Br)cn3C2=O)c1. The summed E-state index contributed by atoms with van der Waals surface area (Å²) in [5.41, 5.74) is 3.34. The highest BCUT2D eigenvalue weighted by Gasteiger charge is 2.40. The Labute approximate surface area is 171 Å². The molecule has 1 aliphatic rings. The third-order valence-electron chi connectivity index (χ3n) is 5.86. The number of fused-ring (bicyclic) bond motifs is 1. The minimum absolute atomic E-state index is 0.0148. The van der Waals surface area contributed by atoms with Gasteiger partial charge in [-0.3, -0.25) is 4.57 Å². The first-order valence-electron chi connectivity index (χ1n) is 9.38. The number of benzene rings is 1. The third kappa shape index (κ3) is 4.07. The maximum Gasteiger partial charge on any atom is 0.329 e. The van der Waals surface area contributed by atoms with Crippen LogP contribution in [0.4, 0.5) is 4.79 Å². The standard InChI is InChI=1S/C21H29BrN2O2Si/c1-15-8-7-9-16(10-15)19(14-26-27(5,6)21(2,3)4)24-13-18-11-17(22)12-23(18)20(24)25/h7-12,19H,13-14H2,1-6H3/t19-/m1/s1. The number of carbonyl (C=O) groups excluding carboxylic acids is 1. The fraction of sp³-hybridized carbons (Fsp3) is 0.476. The van der Waals surface area contributed by atoms with Gasteiger partial charge in [0.15, 0.2) is 8.32 Å². The number of rotatable bonds is 5. The second-order valence-corrected chi connectivity index (χ2v) is 14.7. The van der Waals surface area contributed by atoms with Gasteiger partial charge in [0.1, 0.15) is 0 Å². The number of halogens is 1. The van der Waals surface area contributed by atoms with E-state index in [9.17, 15) is 4.79 Å². The summed E-state index contributed by atoms with van der Waals surface area (Å²) in [5, 5.41) is 0.134. The Morgan fingerprint density at radius 2 is 1.96 bits per heavy atom. The zero-order valence-electron chi connectivity index (χ0n) is 17.0. The Bertz CT molecular complexity index is 854. The van der Waals surface area contributed by atoms with Gasteiger partial charge in [-0.05, 0) is 52.6 Å². The van der Waals surface area contributed by atoms with Crippen LogP contribution in [0, 0.1) is 6.92 Å². The normalized spacial score (nSPS) is 16.0. The molecule has 1 atom stereocenters. The van der Waals surface area contributed by atoms with E-state index in [0.717, 1.165) is 15.7 Å². The minimum Gasteiger partial charge on any atom is -0.414 e. The molecule has 0 unspecified atom stereocenters. The number of aryl methyl sites for hydroxylation is 1. The van der Waals surface area contributed by atoms with Crippen LogP contribution in [0.3, 0.4) is 0 Å². The lowest BCUT2D eigenvalue weighted by Crippen LogP contribution is -2.44. The van der Waals surface area contributed by atoms with Gasteiger partial charge in [-0.1, -0.05) is 50.6 Å². The molecule has 146 valence electrons. The van der Waals surface area contributed by atoms with Crippen molar-refractivity contribution in [3.63, 3.8) is 0 Å². The molecule has 0 saturated heterocycles. The van der Waals surface area contributed by atoms with Gasteiger partial charge < -0.3 is 9.33 Å². The Balaban J connectivity index is 1.90. The molecule has 0 spiro atoms. The predicted octanol–water partition coefficient (Wildman–Crippen LogP) is 6.11. The van der Waals surface area contributed by atoms with Crippen LogP contribution < -0.4 is 0 Å². The van der Waals surface area contributed by atoms with Gasteiger partial charge in [-0.15, -0.1) is 0 Å². The monoisotopic (exact) mass is 448 g/mol. The maximum atomic E-state index is 13.1. The van der Waals surface area contributed by atoms with Crippen molar-refractivity contribution in [2.24, 2.45) is 0 Å². The fourth-order valence-electron chi connectivity index (χ4n) is 3.14. The Morgan fingerprint density at radius 1 is 1.26 bits per heavy atom. The first kappa shape index (κ1) is 20.4. The molecular formula is C21H29BrN2O2Si. The van der Waals surface area contributed by atoms with Crippen LogP contribution in [0.2, 0.25) is 18.1 Å². The summed E-state index contributed by atoms with van der Waals surface area (Å²) < 4.78 is 9.21. The van der Waals surface area contributed by atoms with Crippen molar-refractivity contribution in [2.75, 3.05) is 6.61 Å². The van der Waals surface area contributed by atoms with E-state index < -0.39 is 8.32 Å². The Kier molecular flexibility index (Phi) is 5.45. The van der Waals surface area contributed by atoms with Crippen LogP contribution in [0.15, 0.2) is 41.0 Å². The molecule has 0 radical (unpaired) electrons. The summed E-state index contributed by atoms with van der Waals surface area (Å²) in [5.74, 6) is 0. The number of nitrogens with zero attached hydrogens (tertiary/aromatic N) is 2. The molecule has 6 heteroatoms. The lowest BCUT2D eigenvalue weighted by molar-refractivity contribution is 0.144. The van der Waals surface area contributed by atoms with E-state index in [-0.39, 0.29) is 17.1 Å². The van der Waals surface area contributed by atoms with Crippen molar-refractivity contribution in [1.82, 2.24) is 9.47 Å². The summed E-state index contributed by atoms with van der Waals surface area (Å²) in [7, 11) is -1.91. The first-order valence-corrected chi connectivity index (χ1v) is 13.1. The number of carbonyl (C=O) groups is 1. The topological polar surface area (TPSA) is 34.5 Å². The third-order valence-corrected chi connectivity index (χ3v) is 10.8. The predicted molar refractivity (Wildman–Crippen MR) is 116 cm³/mol. The zero-order valence-corrected chi connectivity index (χ0v) is 19.6. The van der Waals surface area contributed by atoms with Crippen molar-refractivity contribution in [1.29, 1.82) is 0 Å². The molecule has 0 saturated carbocycles. The van der Waals surface area contributed by atoms with Gasteiger partial charge in [0, 0.05) is 16.4 Å². The van der Waals surface area contributed by atoms with Crippen LogP contribution in [-0.4, -0.2) is 30.4 Å². The van der Waals surface area contributed by atoms with E-state index in [1.54, 1.807) is 4.57 Å². The molecule has 0 fully saturated rings. The fourth-order valence-corrected chi connectivity index (χ4v) is 4.62. The van der Waals surface area contributed by atoms with Gasteiger partial charge in [0.2, 0.25) is 0 Å². The first-order chi connectivity index (χ1) is 12.5. The average Bonchev–Trinajstić information content (AvgIpc) is 3.05. The molecule has 0 aliphatic carbocycles. The molecule has 4 nitrogen and oxygen atoms in total. The van der Waals surface area contributed by atoms with Gasteiger partial charge in [-0.25, -0.2) is 4.79 Å². The van der Waals surface area contributed by atoms with Crippen molar-refractivity contribution in [3.8, 4) is 0 Å². The summed E-state index contributed by atoms with van der Waals surface area (Å²) in [6.45, 7) is 14.4. The van der Waals surface area contributed by atoms with Gasteiger partial charge in [0.05, 0.1) is 19.2 Å². The lowest BCUT2D eigenvalue weighted by atomic mass is 10.0. The highest BCUT2D eigenvalue weighted by molar-refractivity contribution is 9.10. The highest BCUT2D eigenvalue weighted by Crippen LogP contribution is 2.38. The van der Waals surface area contributed by atoms with E-state index in [4.69, 9.17) is 4.43 Å². The molecule has 1 amide bonds. The Hall–Kier alpha value is -1.37. The summed E-state index contributed by atoms with van der Waals surface area (Å²) in [4.78, 5) is 15.0. The van der Waals surface area contributed by atoms with Crippen LogP contribution in [0.1, 0.15) is 43.6 Å². The smallest absolute Gasteiger partial charge is 0.329 e. The van der Waals surface area contributed by atoms with E-state index in [2.05, 4.69) is 81.0 Å². The van der Waals surface area contributed by atoms with Crippen molar-refractivity contribution in [3.05, 3.63) is 57.8 Å². The van der Waals surface area contributed by atoms with Gasteiger partial charge in [0.25, 0.3) is 0 Å². The minimum atomic E-state index is -1.91. The second-order valence-electron chi connectivity index (χ2n) is 8.93. The molecule has 1 aromatic carbocycles. The molecule has 27 heavy (non-hydrogen) atoms. The molecule has 3 rings (SSSR count). The molecule has 2 heterocycles. The molecule has 0 bridgehead atoms. The molecule has 1 aliphatic heterocycles. The average molecular weight is 449 g/mol. The zero-order chi connectivity index (χ0) is 20.0. The molecule has 0 N–H and O–H groups in total. The molecular weight excluding hydrogens is 420 g/mol. The summed E-state index contributed by atoms with van der Waals surface area (Å²) in [6.07, 6.45) is 1.85. The number of hydrogen-bond donors (Lipinski definition) is 0. The van der Waals surface area contributed by atoms with Crippen molar-refractivity contribution in [2.45, 2.75) is 58.4 Å². The van der Waals surface area contributed by atoms with E-state index in [1.807, 2.05) is 17.2 Å². The maximum absolute atomic E-state index is 13.1. The largest absolute Gasteiger partial charge is 0.414 e. The Morgan fingerprint density at radius 3 is 2.56 bits per heavy atom. The van der Waals surface area contributed by atoms with Crippen LogP contribution in [0.25, 0.3) is 0 Å². The van der Waals surface area contributed by atoms with E-state index >= 15 is 0 Å². The van der Waals surface area contributed by atoms with E-state index in [0.29, 0.717) is 13.2 Å². The lowest BCUT2D eigenvalue weighted by Gasteiger charge is -2.38.